The number of amides is 1. The lowest BCUT2D eigenvalue weighted by Crippen LogP contribution is -2.38. The van der Waals surface area contributed by atoms with E-state index in [1.165, 1.54) is 19.2 Å². The van der Waals surface area contributed by atoms with Crippen LogP contribution in [0.3, 0.4) is 0 Å². The molecule has 0 aliphatic carbocycles. The average Bonchev–Trinajstić information content (AvgIpc) is 2.33. The number of methoxy groups -OCH3 is 1. The summed E-state index contributed by atoms with van der Waals surface area (Å²) in [5.74, 6) is -0.954. The molecule has 4 nitrogen and oxygen atoms in total. The number of hydrogen-bond acceptors (Lipinski definition) is 3. The van der Waals surface area contributed by atoms with Gasteiger partial charge >= 0.3 is 0 Å². The van der Waals surface area contributed by atoms with Crippen molar-refractivity contribution in [3.63, 3.8) is 0 Å². The van der Waals surface area contributed by atoms with E-state index in [2.05, 4.69) is 5.32 Å². The van der Waals surface area contributed by atoms with E-state index in [0.29, 0.717) is 13.0 Å². The van der Waals surface area contributed by atoms with E-state index in [1.54, 1.807) is 0 Å². The first-order valence-electron chi connectivity index (χ1n) is 5.44. The second-order valence-electron chi connectivity index (χ2n) is 3.77. The molecule has 0 radical (unpaired) electrons. The van der Waals surface area contributed by atoms with E-state index < -0.39 is 5.82 Å². The number of aliphatic hydroxyl groups is 1. The summed E-state index contributed by atoms with van der Waals surface area (Å²) in [5, 5.41) is 11.4. The Labute approximate surface area is 110 Å². The second kappa shape index (κ2) is 7.31. The van der Waals surface area contributed by atoms with Crippen LogP contribution in [-0.2, 0) is 4.74 Å². The predicted octanol–water partition coefficient (Wildman–Crippen LogP) is 1.61. The van der Waals surface area contributed by atoms with Gasteiger partial charge in [-0.05, 0) is 24.6 Å². The predicted molar refractivity (Wildman–Crippen MR) is 66.2 cm³/mol. The van der Waals surface area contributed by atoms with Gasteiger partial charge in [-0.15, -0.1) is 0 Å². The molecule has 0 saturated carbocycles. The summed E-state index contributed by atoms with van der Waals surface area (Å²) < 4.78 is 17.9. The van der Waals surface area contributed by atoms with Gasteiger partial charge in [-0.2, -0.15) is 0 Å². The number of rotatable bonds is 6. The number of ether oxygens (including phenoxy) is 1. The number of carbonyl (C=O) groups excluding carboxylic acids is 1. The number of hydrogen-bond donors (Lipinski definition) is 2. The van der Waals surface area contributed by atoms with Crippen LogP contribution in [0, 0.1) is 5.82 Å². The maximum absolute atomic E-state index is 12.9. The van der Waals surface area contributed by atoms with Crippen LogP contribution in [0.4, 0.5) is 4.39 Å². The quantitative estimate of drug-likeness (QED) is 0.829. The first-order chi connectivity index (χ1) is 8.58. The molecule has 0 saturated heterocycles. The summed E-state index contributed by atoms with van der Waals surface area (Å²) in [5.41, 5.74) is 0.264. The van der Waals surface area contributed by atoms with Crippen molar-refractivity contribution >= 4 is 17.5 Å². The van der Waals surface area contributed by atoms with Gasteiger partial charge in [0, 0.05) is 19.3 Å². The zero-order chi connectivity index (χ0) is 13.5. The summed E-state index contributed by atoms with van der Waals surface area (Å²) in [6, 6.07) is 3.44. The maximum atomic E-state index is 12.9. The minimum absolute atomic E-state index is 0.0571. The third-order valence-corrected chi connectivity index (χ3v) is 2.65. The first-order valence-corrected chi connectivity index (χ1v) is 5.82. The highest BCUT2D eigenvalue weighted by Crippen LogP contribution is 2.16. The molecule has 1 aromatic carbocycles. The van der Waals surface area contributed by atoms with Gasteiger partial charge in [0.2, 0.25) is 0 Å². The minimum Gasteiger partial charge on any atom is -0.396 e. The van der Waals surface area contributed by atoms with Gasteiger partial charge in [-0.25, -0.2) is 4.39 Å². The molecular formula is C12H15ClFNO3. The molecule has 1 atom stereocenters. The number of halogens is 2. The Morgan fingerprint density at radius 2 is 2.33 bits per heavy atom. The van der Waals surface area contributed by atoms with Gasteiger partial charge in [0.25, 0.3) is 5.91 Å². The van der Waals surface area contributed by atoms with Crippen molar-refractivity contribution in [3.8, 4) is 0 Å². The topological polar surface area (TPSA) is 58.6 Å². The Morgan fingerprint density at radius 3 is 2.89 bits per heavy atom. The molecule has 2 N–H and O–H groups in total. The van der Waals surface area contributed by atoms with Crippen molar-refractivity contribution in [3.05, 3.63) is 34.6 Å². The van der Waals surface area contributed by atoms with E-state index in [-0.39, 0.29) is 29.1 Å². The molecule has 6 heteroatoms. The molecule has 1 amide bonds. The molecule has 0 aliphatic heterocycles. The standard InChI is InChI=1S/C12H15ClFNO3/c1-18-7-9(4-5-16)15-12(17)8-2-3-11(14)10(13)6-8/h2-3,6,9,16H,4-5,7H2,1H3,(H,15,17). The van der Waals surface area contributed by atoms with Gasteiger partial charge in [0.15, 0.2) is 0 Å². The fraction of sp³-hybridized carbons (Fsp3) is 0.417. The highest BCUT2D eigenvalue weighted by Gasteiger charge is 2.14. The van der Waals surface area contributed by atoms with Crippen LogP contribution in [0.25, 0.3) is 0 Å². The third kappa shape index (κ3) is 4.25. The number of aliphatic hydroxyl groups excluding tert-OH is 1. The third-order valence-electron chi connectivity index (χ3n) is 2.36. The molecule has 18 heavy (non-hydrogen) atoms. The zero-order valence-corrected chi connectivity index (χ0v) is 10.7. The zero-order valence-electron chi connectivity index (χ0n) is 9.95. The van der Waals surface area contributed by atoms with Crippen molar-refractivity contribution in [2.24, 2.45) is 0 Å². The molecule has 100 valence electrons. The molecule has 0 aromatic heterocycles. The molecule has 1 unspecified atom stereocenters. The smallest absolute Gasteiger partial charge is 0.251 e. The highest BCUT2D eigenvalue weighted by atomic mass is 35.5. The van der Waals surface area contributed by atoms with Gasteiger partial charge in [-0.1, -0.05) is 11.6 Å². The van der Waals surface area contributed by atoms with Crippen LogP contribution in [-0.4, -0.2) is 37.4 Å². The molecular weight excluding hydrogens is 261 g/mol. The summed E-state index contributed by atoms with van der Waals surface area (Å²) >= 11 is 5.60. The van der Waals surface area contributed by atoms with Crippen molar-refractivity contribution in [1.82, 2.24) is 5.32 Å². The molecule has 1 aromatic rings. The molecule has 0 spiro atoms. The number of benzene rings is 1. The highest BCUT2D eigenvalue weighted by molar-refractivity contribution is 6.31. The molecule has 0 bridgehead atoms. The Kier molecular flexibility index (Phi) is 6.04. The van der Waals surface area contributed by atoms with Crippen molar-refractivity contribution in [2.45, 2.75) is 12.5 Å². The van der Waals surface area contributed by atoms with E-state index in [1.807, 2.05) is 0 Å². The summed E-state index contributed by atoms with van der Waals surface area (Å²) in [6.07, 6.45) is 0.383. The van der Waals surface area contributed by atoms with E-state index in [4.69, 9.17) is 21.4 Å². The normalized spacial score (nSPS) is 12.2. The lowest BCUT2D eigenvalue weighted by molar-refractivity contribution is 0.0878. The molecule has 1 rings (SSSR count). The van der Waals surface area contributed by atoms with Gasteiger partial charge in [0.05, 0.1) is 17.7 Å². The van der Waals surface area contributed by atoms with E-state index in [0.717, 1.165) is 6.07 Å². The average molecular weight is 276 g/mol. The van der Waals surface area contributed by atoms with Crippen LogP contribution >= 0.6 is 11.6 Å². The van der Waals surface area contributed by atoms with Crippen molar-refractivity contribution < 1.29 is 19.0 Å². The van der Waals surface area contributed by atoms with Crippen LogP contribution in [0.1, 0.15) is 16.8 Å². The van der Waals surface area contributed by atoms with Gasteiger partial charge < -0.3 is 15.2 Å². The molecule has 0 aliphatic rings. The van der Waals surface area contributed by atoms with Crippen LogP contribution in [0.5, 0.6) is 0 Å². The lowest BCUT2D eigenvalue weighted by Gasteiger charge is -2.16. The van der Waals surface area contributed by atoms with Gasteiger partial charge in [0.1, 0.15) is 5.82 Å². The second-order valence-corrected chi connectivity index (χ2v) is 4.17. The Balaban J connectivity index is 2.70. The van der Waals surface area contributed by atoms with E-state index >= 15 is 0 Å². The maximum Gasteiger partial charge on any atom is 0.251 e. The fourth-order valence-electron chi connectivity index (χ4n) is 1.46. The molecule has 0 heterocycles. The fourth-order valence-corrected chi connectivity index (χ4v) is 1.64. The summed E-state index contributed by atoms with van der Waals surface area (Å²) in [6.45, 7) is 0.236. The lowest BCUT2D eigenvalue weighted by atomic mass is 10.1. The van der Waals surface area contributed by atoms with Crippen LogP contribution in [0.2, 0.25) is 5.02 Å². The van der Waals surface area contributed by atoms with Crippen LogP contribution < -0.4 is 5.32 Å². The largest absolute Gasteiger partial charge is 0.396 e. The monoisotopic (exact) mass is 275 g/mol. The van der Waals surface area contributed by atoms with Gasteiger partial charge in [-0.3, -0.25) is 4.79 Å². The summed E-state index contributed by atoms with van der Waals surface area (Å²) in [4.78, 5) is 11.8. The van der Waals surface area contributed by atoms with E-state index in [9.17, 15) is 9.18 Å². The minimum atomic E-state index is -0.572. The Hall–Kier alpha value is -1.17. The number of nitrogens with one attached hydrogen (secondary N) is 1. The SMILES string of the molecule is COCC(CCO)NC(=O)c1ccc(F)c(Cl)c1. The first kappa shape index (κ1) is 14.9. The van der Waals surface area contributed by atoms with Crippen molar-refractivity contribution in [1.29, 1.82) is 0 Å². The summed E-state index contributed by atoms with van der Waals surface area (Å²) in [7, 11) is 1.51. The van der Waals surface area contributed by atoms with Crippen molar-refractivity contribution in [2.75, 3.05) is 20.3 Å². The van der Waals surface area contributed by atoms with Crippen LogP contribution in [0.15, 0.2) is 18.2 Å². The Bertz CT molecular complexity index is 408. The molecule has 0 fully saturated rings. The Morgan fingerprint density at radius 1 is 1.61 bits per heavy atom. The number of carbonyl (C=O) groups is 1.